The summed E-state index contributed by atoms with van der Waals surface area (Å²) in [7, 11) is 0. The van der Waals surface area contributed by atoms with E-state index in [1.54, 1.807) is 25.4 Å². The molecule has 0 amide bonds. The Bertz CT molecular complexity index is 575. The average Bonchev–Trinajstić information content (AvgIpc) is 2.37. The van der Waals surface area contributed by atoms with Gasteiger partial charge in [-0.05, 0) is 47.1 Å². The molecule has 0 bridgehead atoms. The van der Waals surface area contributed by atoms with E-state index in [0.29, 0.717) is 17.9 Å². The second-order valence-corrected chi connectivity index (χ2v) is 5.19. The summed E-state index contributed by atoms with van der Waals surface area (Å²) in [5, 5.41) is 0. The number of halogens is 2. The summed E-state index contributed by atoms with van der Waals surface area (Å²) in [6.45, 7) is 2.15. The molecule has 1 heterocycles. The molecule has 1 aromatic heterocycles. The Morgan fingerprint density at radius 1 is 1.37 bits per heavy atom. The maximum Gasteiger partial charge on any atom is 0.124 e. The summed E-state index contributed by atoms with van der Waals surface area (Å²) in [6, 6.07) is 5.99. The zero-order valence-electron chi connectivity index (χ0n) is 10.4. The smallest absolute Gasteiger partial charge is 0.124 e. The Morgan fingerprint density at radius 3 is 2.84 bits per heavy atom. The van der Waals surface area contributed by atoms with Gasteiger partial charge < -0.3 is 10.5 Å². The van der Waals surface area contributed by atoms with Crippen molar-refractivity contribution < 1.29 is 9.13 Å². The van der Waals surface area contributed by atoms with Crippen molar-refractivity contribution in [1.82, 2.24) is 4.98 Å². The molecule has 0 saturated heterocycles. The number of aromatic nitrogens is 1. The molecule has 2 aromatic rings. The highest BCUT2D eigenvalue weighted by Gasteiger charge is 2.10. The zero-order chi connectivity index (χ0) is 13.8. The first kappa shape index (κ1) is 14.0. The fourth-order valence-corrected chi connectivity index (χ4v) is 2.11. The second kappa shape index (κ2) is 6.12. The lowest BCUT2D eigenvalue weighted by atomic mass is 10.1. The van der Waals surface area contributed by atoms with Crippen LogP contribution in [0.2, 0.25) is 0 Å². The molecule has 0 aliphatic rings. The SMILES string of the molecule is C[C@@H](N)c1cc(F)ccc1OCc1cncc(Br)c1. The van der Waals surface area contributed by atoms with Gasteiger partial charge in [-0.25, -0.2) is 4.39 Å². The monoisotopic (exact) mass is 324 g/mol. The molecular formula is C14H14BrFN2O. The predicted octanol–water partition coefficient (Wildman–Crippen LogP) is 3.58. The Balaban J connectivity index is 2.15. The lowest BCUT2D eigenvalue weighted by Gasteiger charge is -2.14. The maximum absolute atomic E-state index is 13.2. The minimum absolute atomic E-state index is 0.286. The van der Waals surface area contributed by atoms with Gasteiger partial charge in [0.2, 0.25) is 0 Å². The summed E-state index contributed by atoms with van der Waals surface area (Å²) < 4.78 is 19.8. The number of pyridine rings is 1. The van der Waals surface area contributed by atoms with Crippen LogP contribution in [-0.2, 0) is 6.61 Å². The van der Waals surface area contributed by atoms with Gasteiger partial charge in [0, 0.05) is 34.0 Å². The van der Waals surface area contributed by atoms with Crippen molar-refractivity contribution in [1.29, 1.82) is 0 Å². The van der Waals surface area contributed by atoms with Crippen LogP contribution in [0.3, 0.4) is 0 Å². The molecule has 0 radical (unpaired) electrons. The lowest BCUT2D eigenvalue weighted by molar-refractivity contribution is 0.300. The van der Waals surface area contributed by atoms with Crippen LogP contribution in [0.15, 0.2) is 41.1 Å². The quantitative estimate of drug-likeness (QED) is 0.935. The van der Waals surface area contributed by atoms with Crippen LogP contribution in [-0.4, -0.2) is 4.98 Å². The highest BCUT2D eigenvalue weighted by Crippen LogP contribution is 2.25. The van der Waals surface area contributed by atoms with E-state index in [1.165, 1.54) is 12.1 Å². The van der Waals surface area contributed by atoms with Gasteiger partial charge in [-0.3, -0.25) is 4.98 Å². The van der Waals surface area contributed by atoms with E-state index in [1.807, 2.05) is 6.07 Å². The Hall–Kier alpha value is -1.46. The maximum atomic E-state index is 13.2. The molecule has 0 spiro atoms. The fraction of sp³-hybridized carbons (Fsp3) is 0.214. The van der Waals surface area contributed by atoms with E-state index in [2.05, 4.69) is 20.9 Å². The number of hydrogen-bond acceptors (Lipinski definition) is 3. The van der Waals surface area contributed by atoms with Crippen LogP contribution in [0.25, 0.3) is 0 Å². The number of rotatable bonds is 4. The molecule has 3 nitrogen and oxygen atoms in total. The van der Waals surface area contributed by atoms with Gasteiger partial charge in [0.1, 0.15) is 18.2 Å². The predicted molar refractivity (Wildman–Crippen MR) is 75.3 cm³/mol. The number of nitrogens with two attached hydrogens (primary N) is 1. The third kappa shape index (κ3) is 3.75. The van der Waals surface area contributed by atoms with Crippen molar-refractivity contribution in [2.75, 3.05) is 0 Å². The van der Waals surface area contributed by atoms with E-state index in [4.69, 9.17) is 10.5 Å². The molecule has 2 rings (SSSR count). The third-order valence-corrected chi connectivity index (χ3v) is 3.05. The molecule has 0 aliphatic heterocycles. The van der Waals surface area contributed by atoms with Crippen molar-refractivity contribution in [2.45, 2.75) is 19.6 Å². The van der Waals surface area contributed by atoms with Gasteiger partial charge in [0.25, 0.3) is 0 Å². The molecule has 0 aliphatic carbocycles. The van der Waals surface area contributed by atoms with E-state index < -0.39 is 0 Å². The number of hydrogen-bond donors (Lipinski definition) is 1. The lowest BCUT2D eigenvalue weighted by Crippen LogP contribution is -2.08. The Morgan fingerprint density at radius 2 is 2.16 bits per heavy atom. The van der Waals surface area contributed by atoms with Crippen molar-refractivity contribution in [2.24, 2.45) is 5.73 Å². The number of benzene rings is 1. The number of nitrogens with zero attached hydrogens (tertiary/aromatic N) is 1. The van der Waals surface area contributed by atoms with Crippen LogP contribution in [0.1, 0.15) is 24.1 Å². The normalized spacial score (nSPS) is 12.2. The molecule has 0 fully saturated rings. The summed E-state index contributed by atoms with van der Waals surface area (Å²) >= 11 is 3.35. The highest BCUT2D eigenvalue weighted by atomic mass is 79.9. The van der Waals surface area contributed by atoms with Crippen molar-refractivity contribution in [3.8, 4) is 5.75 Å². The second-order valence-electron chi connectivity index (χ2n) is 4.27. The van der Waals surface area contributed by atoms with Gasteiger partial charge in [-0.2, -0.15) is 0 Å². The Labute approximate surface area is 119 Å². The molecule has 100 valence electrons. The molecule has 2 N–H and O–H groups in total. The molecule has 19 heavy (non-hydrogen) atoms. The van der Waals surface area contributed by atoms with E-state index in [-0.39, 0.29) is 11.9 Å². The van der Waals surface area contributed by atoms with Gasteiger partial charge >= 0.3 is 0 Å². The summed E-state index contributed by atoms with van der Waals surface area (Å²) in [6.07, 6.45) is 3.43. The summed E-state index contributed by atoms with van der Waals surface area (Å²) in [5.74, 6) is 0.278. The van der Waals surface area contributed by atoms with Gasteiger partial charge in [-0.1, -0.05) is 0 Å². The van der Waals surface area contributed by atoms with Crippen LogP contribution in [0, 0.1) is 5.82 Å². The van der Waals surface area contributed by atoms with E-state index in [9.17, 15) is 4.39 Å². The van der Waals surface area contributed by atoms with Gasteiger partial charge in [0.15, 0.2) is 0 Å². The van der Waals surface area contributed by atoms with Crippen LogP contribution in [0.5, 0.6) is 5.75 Å². The van der Waals surface area contributed by atoms with Gasteiger partial charge in [0.05, 0.1) is 0 Å². The zero-order valence-corrected chi connectivity index (χ0v) is 12.0. The molecular weight excluding hydrogens is 311 g/mol. The molecule has 5 heteroatoms. The van der Waals surface area contributed by atoms with Crippen LogP contribution in [0.4, 0.5) is 4.39 Å². The van der Waals surface area contributed by atoms with E-state index in [0.717, 1.165) is 10.0 Å². The molecule has 1 aromatic carbocycles. The van der Waals surface area contributed by atoms with Crippen molar-refractivity contribution in [3.63, 3.8) is 0 Å². The standard InChI is InChI=1S/C14H14BrFN2O/c1-9(17)13-5-12(16)2-3-14(13)19-8-10-4-11(15)7-18-6-10/h2-7,9H,8,17H2,1H3/t9-/m1/s1. The number of ether oxygens (including phenoxy) is 1. The third-order valence-electron chi connectivity index (χ3n) is 2.62. The minimum atomic E-state index is -0.316. The minimum Gasteiger partial charge on any atom is -0.489 e. The average molecular weight is 325 g/mol. The molecule has 0 saturated carbocycles. The van der Waals surface area contributed by atoms with Crippen LogP contribution >= 0.6 is 15.9 Å². The summed E-state index contributed by atoms with van der Waals surface area (Å²) in [5.41, 5.74) is 7.39. The van der Waals surface area contributed by atoms with Crippen LogP contribution < -0.4 is 10.5 Å². The Kier molecular flexibility index (Phi) is 4.50. The largest absolute Gasteiger partial charge is 0.489 e. The first-order valence-electron chi connectivity index (χ1n) is 5.83. The van der Waals surface area contributed by atoms with E-state index >= 15 is 0 Å². The first-order chi connectivity index (χ1) is 9.06. The van der Waals surface area contributed by atoms with Crippen molar-refractivity contribution in [3.05, 3.63) is 58.1 Å². The topological polar surface area (TPSA) is 48.1 Å². The van der Waals surface area contributed by atoms with Crippen molar-refractivity contribution >= 4 is 15.9 Å². The molecule has 1 atom stereocenters. The summed E-state index contributed by atoms with van der Waals surface area (Å²) in [4.78, 5) is 4.06. The van der Waals surface area contributed by atoms with Gasteiger partial charge in [-0.15, -0.1) is 0 Å². The molecule has 0 unspecified atom stereocenters. The fourth-order valence-electron chi connectivity index (χ4n) is 1.70. The first-order valence-corrected chi connectivity index (χ1v) is 6.63. The highest BCUT2D eigenvalue weighted by molar-refractivity contribution is 9.10.